The van der Waals surface area contributed by atoms with Gasteiger partial charge in [0.25, 0.3) is 5.91 Å². The van der Waals surface area contributed by atoms with Crippen molar-refractivity contribution < 1.29 is 4.79 Å². The van der Waals surface area contributed by atoms with Crippen LogP contribution in [0.25, 0.3) is 11.0 Å². The van der Waals surface area contributed by atoms with Gasteiger partial charge in [-0.2, -0.15) is 5.10 Å². The number of aryl methyl sites for hydroxylation is 1. The predicted octanol–water partition coefficient (Wildman–Crippen LogP) is 2.05. The number of nitrogens with one attached hydrogen (secondary N) is 2. The van der Waals surface area contributed by atoms with Gasteiger partial charge in [-0.15, -0.1) is 0 Å². The Balaban J connectivity index is 1.57. The van der Waals surface area contributed by atoms with Gasteiger partial charge < -0.3 is 10.2 Å². The van der Waals surface area contributed by atoms with E-state index in [9.17, 15) is 4.79 Å². The number of piperazine rings is 1. The molecule has 122 valence electrons. The fourth-order valence-corrected chi connectivity index (χ4v) is 3.17. The van der Waals surface area contributed by atoms with Crippen molar-refractivity contribution in [2.75, 3.05) is 19.6 Å². The quantitative estimate of drug-likeness (QED) is 0.757. The van der Waals surface area contributed by atoms with Gasteiger partial charge in [0.1, 0.15) is 0 Å². The second-order valence-electron chi connectivity index (χ2n) is 6.10. The highest BCUT2D eigenvalue weighted by atomic mass is 16.2. The average Bonchev–Trinajstić information content (AvgIpc) is 3.02. The van der Waals surface area contributed by atoms with Crippen LogP contribution < -0.4 is 5.32 Å². The summed E-state index contributed by atoms with van der Waals surface area (Å²) in [5, 5.41) is 11.4. The largest absolute Gasteiger partial charge is 0.335 e. The molecule has 0 spiro atoms. The highest BCUT2D eigenvalue weighted by molar-refractivity contribution is 5.97. The number of H-pyrrole nitrogens is 1. The lowest BCUT2D eigenvalue weighted by Crippen LogP contribution is -2.48. The summed E-state index contributed by atoms with van der Waals surface area (Å²) < 4.78 is 0. The number of fused-ring (bicyclic) bond motifs is 1. The second kappa shape index (κ2) is 6.05. The molecule has 1 aliphatic rings. The molecule has 6 nitrogen and oxygen atoms in total. The lowest BCUT2D eigenvalue weighted by atomic mass is 10.0. The van der Waals surface area contributed by atoms with Gasteiger partial charge in [-0.3, -0.25) is 9.89 Å². The number of rotatable bonds is 2. The van der Waals surface area contributed by atoms with Crippen LogP contribution >= 0.6 is 0 Å². The summed E-state index contributed by atoms with van der Waals surface area (Å²) in [5.41, 5.74) is 3.39. The van der Waals surface area contributed by atoms with Crippen molar-refractivity contribution in [1.29, 1.82) is 0 Å². The van der Waals surface area contributed by atoms with E-state index in [1.54, 1.807) is 6.20 Å². The van der Waals surface area contributed by atoms with Crippen LogP contribution in [0.3, 0.4) is 0 Å². The molecule has 1 fully saturated rings. The maximum absolute atomic E-state index is 12.9. The van der Waals surface area contributed by atoms with E-state index in [2.05, 4.69) is 32.6 Å². The smallest absolute Gasteiger partial charge is 0.255 e. The van der Waals surface area contributed by atoms with Crippen molar-refractivity contribution in [1.82, 2.24) is 25.4 Å². The minimum absolute atomic E-state index is 0.0208. The van der Waals surface area contributed by atoms with Crippen molar-refractivity contribution in [2.24, 2.45) is 0 Å². The molecule has 0 aliphatic carbocycles. The Labute approximate surface area is 139 Å². The Morgan fingerprint density at radius 1 is 1.29 bits per heavy atom. The fourth-order valence-electron chi connectivity index (χ4n) is 3.17. The van der Waals surface area contributed by atoms with Crippen LogP contribution in [0.5, 0.6) is 0 Å². The number of hydrogen-bond acceptors (Lipinski definition) is 4. The van der Waals surface area contributed by atoms with E-state index in [0.717, 1.165) is 17.6 Å². The molecular formula is C18H19N5O. The number of carbonyl (C=O) groups excluding carboxylic acids is 1. The molecule has 6 heteroatoms. The zero-order valence-corrected chi connectivity index (χ0v) is 13.5. The molecule has 3 aromatic rings. The van der Waals surface area contributed by atoms with Crippen molar-refractivity contribution in [3.63, 3.8) is 0 Å². The predicted molar refractivity (Wildman–Crippen MR) is 91.7 cm³/mol. The third-order valence-electron chi connectivity index (χ3n) is 4.52. The standard InChI is InChI=1S/C18H19N5O/c1-12-15-9-14(10-20-17(15)22-21-12)18(24)23-8-7-19-16(11-23)13-5-3-2-4-6-13/h2-6,9-10,16,19H,7-8,11H2,1H3,(H,20,21,22). The molecule has 2 aromatic heterocycles. The topological polar surface area (TPSA) is 73.9 Å². The molecule has 3 heterocycles. The van der Waals surface area contributed by atoms with E-state index in [1.807, 2.05) is 36.1 Å². The molecule has 0 bridgehead atoms. The molecule has 1 unspecified atom stereocenters. The van der Waals surface area contributed by atoms with E-state index < -0.39 is 0 Å². The van der Waals surface area contributed by atoms with Crippen molar-refractivity contribution in [2.45, 2.75) is 13.0 Å². The van der Waals surface area contributed by atoms with E-state index in [-0.39, 0.29) is 11.9 Å². The van der Waals surface area contributed by atoms with Crippen molar-refractivity contribution in [3.05, 3.63) is 59.4 Å². The number of aromatic nitrogens is 3. The van der Waals surface area contributed by atoms with E-state index in [1.165, 1.54) is 5.56 Å². The monoisotopic (exact) mass is 321 g/mol. The molecule has 1 aliphatic heterocycles. The summed E-state index contributed by atoms with van der Waals surface area (Å²) in [6.45, 7) is 4.05. The Hall–Kier alpha value is -2.73. The third kappa shape index (κ3) is 2.65. The molecule has 2 N–H and O–H groups in total. The zero-order valence-electron chi connectivity index (χ0n) is 13.5. The average molecular weight is 321 g/mol. The second-order valence-corrected chi connectivity index (χ2v) is 6.10. The van der Waals surface area contributed by atoms with Crippen molar-refractivity contribution >= 4 is 16.9 Å². The van der Waals surface area contributed by atoms with Gasteiger partial charge in [0.2, 0.25) is 0 Å². The Kier molecular flexibility index (Phi) is 3.74. The maximum atomic E-state index is 12.9. The van der Waals surface area contributed by atoms with Crippen LogP contribution in [-0.2, 0) is 0 Å². The number of pyridine rings is 1. The molecule has 1 atom stereocenters. The van der Waals surface area contributed by atoms with Gasteiger partial charge in [-0.1, -0.05) is 30.3 Å². The molecule has 0 saturated carbocycles. The molecule has 1 amide bonds. The van der Waals surface area contributed by atoms with E-state index in [4.69, 9.17) is 0 Å². The first-order chi connectivity index (χ1) is 11.7. The van der Waals surface area contributed by atoms with Crippen molar-refractivity contribution in [3.8, 4) is 0 Å². The highest BCUT2D eigenvalue weighted by Crippen LogP contribution is 2.20. The zero-order chi connectivity index (χ0) is 16.5. The van der Waals surface area contributed by atoms with Crippen LogP contribution in [0.2, 0.25) is 0 Å². The number of amides is 1. The Morgan fingerprint density at radius 3 is 2.96 bits per heavy atom. The van der Waals surface area contributed by atoms with Gasteiger partial charge in [0, 0.05) is 37.3 Å². The fraction of sp³-hybridized carbons (Fsp3) is 0.278. The van der Waals surface area contributed by atoms with Crippen LogP contribution in [-0.4, -0.2) is 45.6 Å². The van der Waals surface area contributed by atoms with Crippen LogP contribution in [0.4, 0.5) is 0 Å². The molecular weight excluding hydrogens is 302 g/mol. The van der Waals surface area contributed by atoms with Gasteiger partial charge in [-0.25, -0.2) is 4.98 Å². The third-order valence-corrected chi connectivity index (χ3v) is 4.52. The summed E-state index contributed by atoms with van der Waals surface area (Å²) in [6, 6.07) is 12.3. The lowest BCUT2D eigenvalue weighted by Gasteiger charge is -2.34. The minimum Gasteiger partial charge on any atom is -0.335 e. The van der Waals surface area contributed by atoms with Gasteiger partial charge >= 0.3 is 0 Å². The first-order valence-electron chi connectivity index (χ1n) is 8.11. The summed E-state index contributed by atoms with van der Waals surface area (Å²) in [6.07, 6.45) is 1.63. The highest BCUT2D eigenvalue weighted by Gasteiger charge is 2.25. The lowest BCUT2D eigenvalue weighted by molar-refractivity contribution is 0.0702. The normalized spacial score (nSPS) is 18.0. The van der Waals surface area contributed by atoms with Gasteiger partial charge in [-0.05, 0) is 18.6 Å². The number of aromatic amines is 1. The molecule has 1 saturated heterocycles. The number of carbonyl (C=O) groups is 1. The van der Waals surface area contributed by atoms with Crippen LogP contribution in [0.1, 0.15) is 27.7 Å². The Bertz CT molecular complexity index is 874. The molecule has 4 rings (SSSR count). The summed E-state index contributed by atoms with van der Waals surface area (Å²) in [4.78, 5) is 19.1. The van der Waals surface area contributed by atoms with Gasteiger partial charge in [0.05, 0.1) is 11.3 Å². The maximum Gasteiger partial charge on any atom is 0.255 e. The summed E-state index contributed by atoms with van der Waals surface area (Å²) in [7, 11) is 0. The van der Waals surface area contributed by atoms with Crippen LogP contribution in [0.15, 0.2) is 42.6 Å². The molecule has 24 heavy (non-hydrogen) atoms. The summed E-state index contributed by atoms with van der Waals surface area (Å²) >= 11 is 0. The summed E-state index contributed by atoms with van der Waals surface area (Å²) in [5.74, 6) is 0.0208. The van der Waals surface area contributed by atoms with E-state index in [0.29, 0.717) is 24.3 Å². The minimum atomic E-state index is 0.0208. The SMILES string of the molecule is Cc1n[nH]c2ncc(C(=O)N3CCNC(c4ccccc4)C3)cc12. The number of benzene rings is 1. The number of nitrogens with zero attached hydrogens (tertiary/aromatic N) is 3. The molecule has 1 aromatic carbocycles. The van der Waals surface area contributed by atoms with Crippen LogP contribution in [0, 0.1) is 6.92 Å². The first kappa shape index (κ1) is 14.8. The van der Waals surface area contributed by atoms with Gasteiger partial charge in [0.15, 0.2) is 5.65 Å². The number of hydrogen-bond donors (Lipinski definition) is 2. The molecule has 0 radical (unpaired) electrons. The first-order valence-corrected chi connectivity index (χ1v) is 8.11. The Morgan fingerprint density at radius 2 is 2.12 bits per heavy atom. The van der Waals surface area contributed by atoms with E-state index >= 15 is 0 Å².